The van der Waals surface area contributed by atoms with E-state index < -0.39 is 0 Å². The van der Waals surface area contributed by atoms with Gasteiger partial charge in [0.2, 0.25) is 0 Å². The lowest BCUT2D eigenvalue weighted by atomic mass is 10.0. The molecule has 0 atom stereocenters. The fourth-order valence-corrected chi connectivity index (χ4v) is 2.89. The van der Waals surface area contributed by atoms with Gasteiger partial charge in [-0.05, 0) is 59.0 Å². The first-order chi connectivity index (χ1) is 9.58. The Morgan fingerprint density at radius 3 is 2.65 bits per heavy atom. The molecule has 1 heterocycles. The molecule has 0 unspecified atom stereocenters. The molecule has 0 radical (unpaired) electrons. The summed E-state index contributed by atoms with van der Waals surface area (Å²) in [6.07, 6.45) is 2.96. The summed E-state index contributed by atoms with van der Waals surface area (Å²) in [5.41, 5.74) is 2.81. The van der Waals surface area contributed by atoms with Gasteiger partial charge in [0.1, 0.15) is 11.6 Å². The van der Waals surface area contributed by atoms with Crippen LogP contribution in [0.1, 0.15) is 37.8 Å². The Balaban J connectivity index is 2.64. The normalized spacial score (nSPS) is 11.1. The molecule has 0 bridgehead atoms. The minimum Gasteiger partial charge on any atom is -0.370 e. The zero-order valence-corrected chi connectivity index (χ0v) is 13.8. The molecule has 0 spiro atoms. The molecule has 4 heteroatoms. The lowest BCUT2D eigenvalue weighted by molar-refractivity contribution is 0.632. The minimum atomic E-state index is -0.225. The Morgan fingerprint density at radius 2 is 2.00 bits per heavy atom. The largest absolute Gasteiger partial charge is 0.370 e. The fraction of sp³-hybridized carbons (Fsp3) is 0.438. The number of aryl methyl sites for hydroxylation is 2. The van der Waals surface area contributed by atoms with Crippen LogP contribution in [0.5, 0.6) is 0 Å². The van der Waals surface area contributed by atoms with Crippen molar-refractivity contribution < 1.29 is 4.39 Å². The van der Waals surface area contributed by atoms with E-state index in [1.54, 1.807) is 6.07 Å². The fourth-order valence-electron chi connectivity index (χ4n) is 2.33. The van der Waals surface area contributed by atoms with E-state index >= 15 is 0 Å². The van der Waals surface area contributed by atoms with Crippen molar-refractivity contribution in [2.45, 2.75) is 40.0 Å². The third-order valence-electron chi connectivity index (χ3n) is 3.33. The summed E-state index contributed by atoms with van der Waals surface area (Å²) in [6.45, 7) is 7.09. The molecule has 0 aliphatic rings. The van der Waals surface area contributed by atoms with E-state index in [4.69, 9.17) is 0 Å². The minimum absolute atomic E-state index is 0.225. The number of nitrogens with one attached hydrogen (secondary N) is 1. The molecule has 2 rings (SSSR count). The molecule has 0 amide bonds. The predicted molar refractivity (Wildman–Crippen MR) is 86.9 cm³/mol. The van der Waals surface area contributed by atoms with E-state index in [9.17, 15) is 4.39 Å². The van der Waals surface area contributed by atoms with Crippen LogP contribution in [-0.4, -0.2) is 11.5 Å². The zero-order chi connectivity index (χ0) is 14.7. The quantitative estimate of drug-likeness (QED) is 0.808. The van der Waals surface area contributed by atoms with Gasteiger partial charge in [-0.15, -0.1) is 0 Å². The Kier molecular flexibility index (Phi) is 4.97. The molecule has 0 fully saturated rings. The van der Waals surface area contributed by atoms with E-state index in [0.717, 1.165) is 48.3 Å². The first-order valence-electron chi connectivity index (χ1n) is 7.10. The number of rotatable bonds is 5. The maximum atomic E-state index is 14.3. The number of aromatic nitrogens is 1. The van der Waals surface area contributed by atoms with Gasteiger partial charge in [0.05, 0.1) is 9.99 Å². The van der Waals surface area contributed by atoms with E-state index in [0.29, 0.717) is 9.86 Å². The topological polar surface area (TPSA) is 24.9 Å². The SMILES string of the molecule is CCCNc1nc2c(C)cc(Br)c(F)c2cc1CCC. The molecule has 0 aliphatic heterocycles. The number of hydrogen-bond acceptors (Lipinski definition) is 2. The summed E-state index contributed by atoms with van der Waals surface area (Å²) in [6, 6.07) is 3.73. The predicted octanol–water partition coefficient (Wildman–Crippen LogP) is 5.22. The molecule has 1 aromatic carbocycles. The molecule has 0 aliphatic carbocycles. The summed E-state index contributed by atoms with van der Waals surface area (Å²) in [7, 11) is 0. The monoisotopic (exact) mass is 338 g/mol. The van der Waals surface area contributed by atoms with Crippen LogP contribution >= 0.6 is 15.9 Å². The van der Waals surface area contributed by atoms with Gasteiger partial charge in [-0.1, -0.05) is 20.3 Å². The second kappa shape index (κ2) is 6.53. The van der Waals surface area contributed by atoms with Crippen LogP contribution in [0.4, 0.5) is 10.2 Å². The Hall–Kier alpha value is -1.16. The van der Waals surface area contributed by atoms with E-state index in [1.807, 2.05) is 13.0 Å². The first-order valence-corrected chi connectivity index (χ1v) is 7.89. The van der Waals surface area contributed by atoms with Crippen molar-refractivity contribution in [2.75, 3.05) is 11.9 Å². The van der Waals surface area contributed by atoms with Crippen LogP contribution in [-0.2, 0) is 6.42 Å². The number of pyridine rings is 1. The highest BCUT2D eigenvalue weighted by atomic mass is 79.9. The van der Waals surface area contributed by atoms with Crippen LogP contribution in [0.25, 0.3) is 10.9 Å². The number of fused-ring (bicyclic) bond motifs is 1. The van der Waals surface area contributed by atoms with Crippen LogP contribution in [0.2, 0.25) is 0 Å². The first kappa shape index (κ1) is 15.2. The van der Waals surface area contributed by atoms with E-state index in [-0.39, 0.29) is 5.82 Å². The third-order valence-corrected chi connectivity index (χ3v) is 3.90. The van der Waals surface area contributed by atoms with Gasteiger partial charge in [-0.3, -0.25) is 0 Å². The smallest absolute Gasteiger partial charge is 0.146 e. The van der Waals surface area contributed by atoms with E-state index in [1.165, 1.54) is 0 Å². The van der Waals surface area contributed by atoms with Gasteiger partial charge in [0, 0.05) is 11.9 Å². The molecule has 1 aromatic heterocycles. The van der Waals surface area contributed by atoms with Crippen molar-refractivity contribution >= 4 is 32.7 Å². The van der Waals surface area contributed by atoms with Gasteiger partial charge in [0.15, 0.2) is 0 Å². The van der Waals surface area contributed by atoms with E-state index in [2.05, 4.69) is 40.1 Å². The average Bonchev–Trinajstić information content (AvgIpc) is 2.43. The number of anilines is 1. The lowest BCUT2D eigenvalue weighted by Crippen LogP contribution is -2.06. The highest BCUT2D eigenvalue weighted by Gasteiger charge is 2.13. The van der Waals surface area contributed by atoms with Crippen molar-refractivity contribution in [3.8, 4) is 0 Å². The number of benzene rings is 1. The molecule has 108 valence electrons. The van der Waals surface area contributed by atoms with Crippen molar-refractivity contribution in [3.63, 3.8) is 0 Å². The molecule has 2 aromatic rings. The second-order valence-corrected chi connectivity index (χ2v) is 5.91. The highest BCUT2D eigenvalue weighted by molar-refractivity contribution is 9.10. The maximum Gasteiger partial charge on any atom is 0.146 e. The zero-order valence-electron chi connectivity index (χ0n) is 12.2. The Bertz CT molecular complexity index is 626. The van der Waals surface area contributed by atoms with Crippen molar-refractivity contribution in [3.05, 3.63) is 33.5 Å². The lowest BCUT2D eigenvalue weighted by Gasteiger charge is -2.14. The second-order valence-electron chi connectivity index (χ2n) is 5.06. The van der Waals surface area contributed by atoms with Crippen LogP contribution in [0.15, 0.2) is 16.6 Å². The maximum absolute atomic E-state index is 14.3. The molecule has 1 N–H and O–H groups in total. The highest BCUT2D eigenvalue weighted by Crippen LogP contribution is 2.30. The number of nitrogens with zero attached hydrogens (tertiary/aromatic N) is 1. The third kappa shape index (κ3) is 2.95. The molecular weight excluding hydrogens is 319 g/mol. The standard InChI is InChI=1S/C16H20BrFN2/c1-4-6-11-9-12-14(18)13(17)8-10(3)15(12)20-16(11)19-7-5-2/h8-9H,4-7H2,1-3H3,(H,19,20). The summed E-state index contributed by atoms with van der Waals surface area (Å²) < 4.78 is 14.8. The molecule has 20 heavy (non-hydrogen) atoms. The molecule has 0 saturated carbocycles. The summed E-state index contributed by atoms with van der Waals surface area (Å²) >= 11 is 3.27. The van der Waals surface area contributed by atoms with Gasteiger partial charge in [0.25, 0.3) is 0 Å². The van der Waals surface area contributed by atoms with Crippen molar-refractivity contribution in [1.82, 2.24) is 4.98 Å². The average molecular weight is 339 g/mol. The van der Waals surface area contributed by atoms with Crippen LogP contribution < -0.4 is 5.32 Å². The van der Waals surface area contributed by atoms with Gasteiger partial charge >= 0.3 is 0 Å². The van der Waals surface area contributed by atoms with Crippen LogP contribution in [0.3, 0.4) is 0 Å². The van der Waals surface area contributed by atoms with Gasteiger partial charge in [-0.25, -0.2) is 9.37 Å². The summed E-state index contributed by atoms with van der Waals surface area (Å²) in [5, 5.41) is 3.96. The Labute approximate surface area is 127 Å². The molecule has 2 nitrogen and oxygen atoms in total. The van der Waals surface area contributed by atoms with Gasteiger partial charge in [-0.2, -0.15) is 0 Å². The van der Waals surface area contributed by atoms with Crippen molar-refractivity contribution in [1.29, 1.82) is 0 Å². The summed E-state index contributed by atoms with van der Waals surface area (Å²) in [5.74, 6) is 0.670. The number of halogens is 2. The van der Waals surface area contributed by atoms with Crippen molar-refractivity contribution in [2.24, 2.45) is 0 Å². The molecular formula is C16H20BrFN2. The molecule has 0 saturated heterocycles. The van der Waals surface area contributed by atoms with Crippen LogP contribution in [0, 0.1) is 12.7 Å². The summed E-state index contributed by atoms with van der Waals surface area (Å²) in [4.78, 5) is 4.66. The Morgan fingerprint density at radius 1 is 1.25 bits per heavy atom. The number of hydrogen-bond donors (Lipinski definition) is 1. The van der Waals surface area contributed by atoms with Gasteiger partial charge < -0.3 is 5.32 Å².